The molecule has 21 heavy (non-hydrogen) atoms. The molecule has 0 N–H and O–H groups in total. The maximum Gasteiger partial charge on any atom is 0.328 e. The zero-order chi connectivity index (χ0) is 15.8. The van der Waals surface area contributed by atoms with E-state index >= 15 is 0 Å². The molecule has 1 aliphatic carbocycles. The highest BCUT2D eigenvalue weighted by molar-refractivity contribution is 7.91. The van der Waals surface area contributed by atoms with Crippen molar-refractivity contribution < 1.29 is 22.3 Å². The van der Waals surface area contributed by atoms with Crippen molar-refractivity contribution in [1.29, 1.82) is 5.26 Å². The van der Waals surface area contributed by atoms with Crippen molar-refractivity contribution in [3.8, 4) is 6.07 Å². The van der Waals surface area contributed by atoms with Gasteiger partial charge in [-0.25, -0.2) is 12.8 Å². The molecule has 1 saturated carbocycles. The molecular weight excluding hydrogens is 297 g/mol. The number of sulfone groups is 1. The quantitative estimate of drug-likeness (QED) is 0.785. The van der Waals surface area contributed by atoms with Crippen LogP contribution in [0.3, 0.4) is 0 Å². The van der Waals surface area contributed by atoms with E-state index in [4.69, 9.17) is 4.74 Å². The number of rotatable bonds is 4. The summed E-state index contributed by atoms with van der Waals surface area (Å²) in [4.78, 5) is 12.1. The van der Waals surface area contributed by atoms with Crippen molar-refractivity contribution in [2.75, 3.05) is 12.9 Å². The first-order valence-electron chi connectivity index (χ1n) is 6.31. The lowest BCUT2D eigenvalue weighted by molar-refractivity contribution is -0.147. The Labute approximate surface area is 122 Å². The minimum atomic E-state index is -3.64. The van der Waals surface area contributed by atoms with Crippen LogP contribution in [0.1, 0.15) is 18.4 Å². The average Bonchev–Trinajstić information content (AvgIpc) is 3.10. The molecule has 0 radical (unpaired) electrons. The van der Waals surface area contributed by atoms with Gasteiger partial charge in [0, 0.05) is 12.2 Å². The number of hydrogen-bond donors (Lipinski definition) is 0. The topological polar surface area (TPSA) is 84.2 Å². The third-order valence-corrected chi connectivity index (χ3v) is 5.19. The number of hydrogen-bond acceptors (Lipinski definition) is 5. The standard InChI is InChI=1S/C14H14FNO4S/c1-3-20-13(17)14(8-16)11(12(14)21(2,18)19)9-4-6-10(15)7-5-9/h4-7,11-12H,3H2,1-2H3. The van der Waals surface area contributed by atoms with E-state index in [1.54, 1.807) is 6.92 Å². The number of carbonyl (C=O) groups is 1. The first-order chi connectivity index (χ1) is 9.79. The van der Waals surface area contributed by atoms with Crippen LogP contribution in [0.15, 0.2) is 24.3 Å². The van der Waals surface area contributed by atoms with Gasteiger partial charge in [0.25, 0.3) is 0 Å². The zero-order valence-electron chi connectivity index (χ0n) is 11.5. The molecule has 0 spiro atoms. The Kier molecular flexibility index (Phi) is 3.76. The second kappa shape index (κ2) is 5.11. The molecule has 0 saturated heterocycles. The third-order valence-electron chi connectivity index (χ3n) is 3.62. The van der Waals surface area contributed by atoms with Gasteiger partial charge in [-0.1, -0.05) is 12.1 Å². The van der Waals surface area contributed by atoms with Crippen molar-refractivity contribution in [2.24, 2.45) is 5.41 Å². The Hall–Kier alpha value is -1.94. The maximum absolute atomic E-state index is 13.0. The summed E-state index contributed by atoms with van der Waals surface area (Å²) in [5, 5.41) is 8.22. The first kappa shape index (κ1) is 15.4. The Balaban J connectivity index is 2.50. The van der Waals surface area contributed by atoms with Gasteiger partial charge < -0.3 is 4.74 Å². The van der Waals surface area contributed by atoms with E-state index in [-0.39, 0.29) is 6.61 Å². The summed E-state index contributed by atoms with van der Waals surface area (Å²) in [5.74, 6) is -2.16. The Morgan fingerprint density at radius 1 is 1.43 bits per heavy atom. The number of nitrogens with zero attached hydrogens (tertiary/aromatic N) is 1. The summed E-state index contributed by atoms with van der Waals surface area (Å²) < 4.78 is 41.6. The van der Waals surface area contributed by atoms with Crippen molar-refractivity contribution in [3.05, 3.63) is 35.6 Å². The summed E-state index contributed by atoms with van der Waals surface area (Å²) in [5.41, 5.74) is -1.32. The van der Waals surface area contributed by atoms with Gasteiger partial charge in [0.15, 0.2) is 15.3 Å². The van der Waals surface area contributed by atoms with E-state index in [0.29, 0.717) is 5.56 Å². The number of esters is 1. The van der Waals surface area contributed by atoms with Gasteiger partial charge >= 0.3 is 5.97 Å². The highest BCUT2D eigenvalue weighted by atomic mass is 32.2. The molecule has 0 amide bonds. The van der Waals surface area contributed by atoms with E-state index in [1.165, 1.54) is 24.3 Å². The molecule has 3 unspecified atom stereocenters. The number of nitriles is 1. The number of ether oxygens (including phenoxy) is 1. The zero-order valence-corrected chi connectivity index (χ0v) is 12.4. The molecule has 1 fully saturated rings. The van der Waals surface area contributed by atoms with Gasteiger partial charge in [0.1, 0.15) is 11.1 Å². The molecule has 1 aliphatic rings. The molecule has 0 bridgehead atoms. The number of halogens is 1. The van der Waals surface area contributed by atoms with Gasteiger partial charge in [-0.05, 0) is 24.6 Å². The van der Waals surface area contributed by atoms with Gasteiger partial charge in [-0.2, -0.15) is 5.26 Å². The summed E-state index contributed by atoms with van der Waals surface area (Å²) in [6, 6.07) is 6.91. The van der Waals surface area contributed by atoms with Crippen LogP contribution in [0.2, 0.25) is 0 Å². The maximum atomic E-state index is 13.0. The molecular formula is C14H14FNO4S. The van der Waals surface area contributed by atoms with Crippen LogP contribution in [0, 0.1) is 22.6 Å². The predicted molar refractivity (Wildman–Crippen MR) is 72.5 cm³/mol. The van der Waals surface area contributed by atoms with E-state index in [1.807, 2.05) is 6.07 Å². The van der Waals surface area contributed by atoms with Crippen molar-refractivity contribution >= 4 is 15.8 Å². The largest absolute Gasteiger partial charge is 0.465 e. The predicted octanol–water partition coefficient (Wildman–Crippen LogP) is 1.41. The van der Waals surface area contributed by atoms with Gasteiger partial charge in [0.05, 0.1) is 12.7 Å². The summed E-state index contributed by atoms with van der Waals surface area (Å²) in [6.45, 7) is 1.63. The minimum Gasteiger partial charge on any atom is -0.465 e. The molecule has 1 aromatic carbocycles. The van der Waals surface area contributed by atoms with Crippen LogP contribution >= 0.6 is 0 Å². The fraction of sp³-hybridized carbons (Fsp3) is 0.429. The second-order valence-corrected chi connectivity index (χ2v) is 7.15. The van der Waals surface area contributed by atoms with Gasteiger partial charge in [-0.15, -0.1) is 0 Å². The molecule has 0 aromatic heterocycles. The highest BCUT2D eigenvalue weighted by Gasteiger charge is 2.76. The van der Waals surface area contributed by atoms with E-state index < -0.39 is 38.2 Å². The Bertz CT molecular complexity index is 707. The van der Waals surface area contributed by atoms with Crippen LogP contribution in [-0.2, 0) is 19.4 Å². The molecule has 5 nitrogen and oxygen atoms in total. The van der Waals surface area contributed by atoms with Crippen LogP contribution in [0.5, 0.6) is 0 Å². The van der Waals surface area contributed by atoms with Gasteiger partial charge in [0.2, 0.25) is 0 Å². The van der Waals surface area contributed by atoms with Crippen molar-refractivity contribution in [2.45, 2.75) is 18.1 Å². The lowest BCUT2D eigenvalue weighted by Gasteiger charge is -2.07. The number of benzene rings is 1. The van der Waals surface area contributed by atoms with Crippen LogP contribution in [-0.4, -0.2) is 32.5 Å². The molecule has 0 aliphatic heterocycles. The molecule has 3 atom stereocenters. The highest BCUT2D eigenvalue weighted by Crippen LogP contribution is 2.63. The summed E-state index contributed by atoms with van der Waals surface area (Å²) >= 11 is 0. The fourth-order valence-electron chi connectivity index (χ4n) is 2.72. The van der Waals surface area contributed by atoms with Gasteiger partial charge in [-0.3, -0.25) is 4.79 Å². The third kappa shape index (κ3) is 2.40. The smallest absolute Gasteiger partial charge is 0.328 e. The minimum absolute atomic E-state index is 0.0505. The summed E-state index contributed by atoms with van der Waals surface area (Å²) in [6.07, 6.45) is 0.979. The average molecular weight is 311 g/mol. The Morgan fingerprint density at radius 3 is 2.43 bits per heavy atom. The van der Waals surface area contributed by atoms with E-state index in [2.05, 4.69) is 0 Å². The van der Waals surface area contributed by atoms with Crippen LogP contribution in [0.25, 0.3) is 0 Å². The monoisotopic (exact) mass is 311 g/mol. The fourth-order valence-corrected chi connectivity index (χ4v) is 4.48. The molecule has 1 aromatic rings. The lowest BCUT2D eigenvalue weighted by atomic mass is 10.0. The van der Waals surface area contributed by atoms with E-state index in [9.17, 15) is 22.9 Å². The molecule has 2 rings (SSSR count). The SMILES string of the molecule is CCOC(=O)C1(C#N)C(c2ccc(F)cc2)C1S(C)(=O)=O. The van der Waals surface area contributed by atoms with Crippen LogP contribution < -0.4 is 0 Å². The van der Waals surface area contributed by atoms with Crippen molar-refractivity contribution in [3.63, 3.8) is 0 Å². The lowest BCUT2D eigenvalue weighted by Crippen LogP contribution is -2.24. The second-order valence-electron chi connectivity index (χ2n) is 4.98. The summed E-state index contributed by atoms with van der Waals surface area (Å²) in [7, 11) is -3.64. The molecule has 0 heterocycles. The first-order valence-corrected chi connectivity index (χ1v) is 8.27. The van der Waals surface area contributed by atoms with Crippen LogP contribution in [0.4, 0.5) is 4.39 Å². The number of carbonyl (C=O) groups excluding carboxylic acids is 1. The molecule has 7 heteroatoms. The van der Waals surface area contributed by atoms with Crippen molar-refractivity contribution in [1.82, 2.24) is 0 Å². The van der Waals surface area contributed by atoms with E-state index in [0.717, 1.165) is 6.26 Å². The Morgan fingerprint density at radius 2 is 2.00 bits per heavy atom. The molecule has 112 valence electrons. The normalized spacial score (nSPS) is 27.7.